The second-order valence-electron chi connectivity index (χ2n) is 3.70. The van der Waals surface area contributed by atoms with E-state index in [2.05, 4.69) is 38.2 Å². The van der Waals surface area contributed by atoms with Crippen molar-refractivity contribution in [2.45, 2.75) is 12.5 Å². The Morgan fingerprint density at radius 2 is 2.12 bits per heavy atom. The van der Waals surface area contributed by atoms with Crippen molar-refractivity contribution < 1.29 is 4.84 Å². The Balaban J connectivity index is 1.84. The van der Waals surface area contributed by atoms with Crippen LogP contribution >= 0.6 is 27.3 Å². The fourth-order valence-corrected chi connectivity index (χ4v) is 2.97. The van der Waals surface area contributed by atoms with E-state index in [1.54, 1.807) is 11.3 Å². The molecule has 0 N–H and O–H groups in total. The lowest BCUT2D eigenvalue weighted by molar-refractivity contribution is 0.0882. The monoisotopic (exact) mass is 308 g/mol. The maximum atomic E-state index is 5.31. The zero-order valence-corrected chi connectivity index (χ0v) is 11.2. The molecule has 0 saturated heterocycles. The van der Waals surface area contributed by atoms with Gasteiger partial charge in [0.2, 0.25) is 0 Å². The summed E-state index contributed by atoms with van der Waals surface area (Å²) >= 11 is 4.99. The number of hydrogen-bond donors (Lipinski definition) is 0. The molecular weight excluding hydrogens is 300 g/mol. The van der Waals surface area contributed by atoms with Crippen LogP contribution in [-0.2, 0) is 4.84 Å². The van der Waals surface area contributed by atoms with E-state index in [4.69, 9.17) is 4.84 Å². The predicted octanol–water partition coefficient (Wildman–Crippen LogP) is 3.98. The van der Waals surface area contributed by atoms with Gasteiger partial charge in [-0.25, -0.2) is 4.98 Å². The third-order valence-corrected chi connectivity index (χ3v) is 4.10. The second-order valence-corrected chi connectivity index (χ2v) is 5.68. The van der Waals surface area contributed by atoms with Crippen molar-refractivity contribution in [2.75, 3.05) is 0 Å². The van der Waals surface area contributed by atoms with E-state index < -0.39 is 0 Å². The molecule has 0 amide bonds. The molecule has 3 nitrogen and oxygen atoms in total. The van der Waals surface area contributed by atoms with Crippen LogP contribution in [0.2, 0.25) is 0 Å². The van der Waals surface area contributed by atoms with Crippen molar-refractivity contribution in [3.05, 3.63) is 41.4 Å². The third-order valence-electron chi connectivity index (χ3n) is 2.49. The van der Waals surface area contributed by atoms with Crippen LogP contribution in [0.1, 0.15) is 17.4 Å². The van der Waals surface area contributed by atoms with Gasteiger partial charge in [-0.2, -0.15) is 0 Å². The van der Waals surface area contributed by atoms with E-state index in [0.717, 1.165) is 26.5 Å². The van der Waals surface area contributed by atoms with E-state index in [9.17, 15) is 0 Å². The third kappa shape index (κ3) is 2.25. The molecule has 0 spiro atoms. The largest absolute Gasteiger partial charge is 0.386 e. The summed E-state index contributed by atoms with van der Waals surface area (Å²) in [5, 5.41) is 4.91. The molecule has 1 aliphatic heterocycles. The predicted molar refractivity (Wildman–Crippen MR) is 72.4 cm³/mol. The van der Waals surface area contributed by atoms with Crippen LogP contribution in [-0.4, -0.2) is 9.60 Å². The van der Waals surface area contributed by atoms with Crippen LogP contribution in [0.4, 0.5) is 0 Å². The Morgan fingerprint density at radius 1 is 1.29 bits per heavy atom. The molecule has 1 aromatic carbocycles. The van der Waals surface area contributed by atoms with Gasteiger partial charge in [0.25, 0.3) is 0 Å². The molecule has 86 valence electrons. The molecule has 3 rings (SSSR count). The number of benzene rings is 1. The molecule has 0 unspecified atom stereocenters. The van der Waals surface area contributed by atoms with Crippen molar-refractivity contribution in [2.24, 2.45) is 5.16 Å². The van der Waals surface area contributed by atoms with Gasteiger partial charge in [-0.3, -0.25) is 0 Å². The maximum absolute atomic E-state index is 5.31. The standard InChI is InChI=1S/C12H9BrN2OS/c13-11-6-9(16-15-11)10-7-14-12(17-10)8-4-2-1-3-5-8/h1-5,7,9H,6H2/t9-/m0/s1. The Bertz CT molecular complexity index is 553. The molecule has 0 aliphatic carbocycles. The summed E-state index contributed by atoms with van der Waals surface area (Å²) in [5.74, 6) is 0. The summed E-state index contributed by atoms with van der Waals surface area (Å²) in [6.07, 6.45) is 2.68. The van der Waals surface area contributed by atoms with Crippen molar-refractivity contribution in [1.29, 1.82) is 0 Å². The first-order chi connectivity index (χ1) is 8.33. The van der Waals surface area contributed by atoms with Crippen LogP contribution < -0.4 is 0 Å². The van der Waals surface area contributed by atoms with Crippen molar-refractivity contribution in [1.82, 2.24) is 4.98 Å². The van der Waals surface area contributed by atoms with Crippen molar-refractivity contribution >= 4 is 31.9 Å². The normalized spacial score (nSPS) is 18.9. The van der Waals surface area contributed by atoms with E-state index >= 15 is 0 Å². The first-order valence-electron chi connectivity index (χ1n) is 5.22. The van der Waals surface area contributed by atoms with E-state index in [1.165, 1.54) is 0 Å². The SMILES string of the molecule is BrC1=NO[C@H](c2cnc(-c3ccccc3)s2)C1. The Kier molecular flexibility index (Phi) is 2.94. The lowest BCUT2D eigenvalue weighted by atomic mass is 10.2. The van der Waals surface area contributed by atoms with E-state index in [-0.39, 0.29) is 6.10 Å². The summed E-state index contributed by atoms with van der Waals surface area (Å²) in [5.41, 5.74) is 1.14. The van der Waals surface area contributed by atoms with Crippen LogP contribution in [0.3, 0.4) is 0 Å². The van der Waals surface area contributed by atoms with Gasteiger partial charge < -0.3 is 4.84 Å². The highest BCUT2D eigenvalue weighted by molar-refractivity contribution is 9.18. The van der Waals surface area contributed by atoms with Crippen LogP contribution in [0.25, 0.3) is 10.6 Å². The van der Waals surface area contributed by atoms with Gasteiger partial charge in [0, 0.05) is 18.2 Å². The van der Waals surface area contributed by atoms with Crippen molar-refractivity contribution in [3.8, 4) is 10.6 Å². The van der Waals surface area contributed by atoms with Gasteiger partial charge in [-0.05, 0) is 15.9 Å². The first-order valence-corrected chi connectivity index (χ1v) is 6.83. The average molecular weight is 309 g/mol. The van der Waals surface area contributed by atoms with Crippen LogP contribution in [0.15, 0.2) is 41.7 Å². The lowest BCUT2D eigenvalue weighted by Gasteiger charge is -2.02. The number of hydrogen-bond acceptors (Lipinski definition) is 4. The molecule has 2 aromatic rings. The average Bonchev–Trinajstić information content (AvgIpc) is 2.98. The highest BCUT2D eigenvalue weighted by Crippen LogP contribution is 2.35. The summed E-state index contributed by atoms with van der Waals surface area (Å²) in [6, 6.07) is 10.2. The maximum Gasteiger partial charge on any atom is 0.169 e. The van der Waals surface area contributed by atoms with Gasteiger partial charge >= 0.3 is 0 Å². The smallest absolute Gasteiger partial charge is 0.169 e. The molecule has 1 aliphatic rings. The zero-order valence-electron chi connectivity index (χ0n) is 8.84. The fourth-order valence-electron chi connectivity index (χ4n) is 1.65. The molecule has 0 saturated carbocycles. The molecule has 1 atom stereocenters. The quantitative estimate of drug-likeness (QED) is 0.841. The number of thiazole rings is 1. The molecule has 5 heteroatoms. The fraction of sp³-hybridized carbons (Fsp3) is 0.167. The van der Waals surface area contributed by atoms with Crippen LogP contribution in [0.5, 0.6) is 0 Å². The minimum atomic E-state index is 0.0133. The Labute approximate surface area is 111 Å². The summed E-state index contributed by atoms with van der Waals surface area (Å²) in [4.78, 5) is 10.9. The number of oxime groups is 1. The molecule has 1 aromatic heterocycles. The van der Waals surface area contributed by atoms with Gasteiger partial charge in [0.1, 0.15) is 9.63 Å². The van der Waals surface area contributed by atoms with E-state index in [0.29, 0.717) is 0 Å². The molecule has 0 bridgehead atoms. The number of aromatic nitrogens is 1. The highest BCUT2D eigenvalue weighted by Gasteiger charge is 2.23. The van der Waals surface area contributed by atoms with Crippen molar-refractivity contribution in [3.63, 3.8) is 0 Å². The molecule has 2 heterocycles. The van der Waals surface area contributed by atoms with Gasteiger partial charge in [-0.15, -0.1) is 11.3 Å². The van der Waals surface area contributed by atoms with E-state index in [1.807, 2.05) is 24.4 Å². The van der Waals surface area contributed by atoms with Gasteiger partial charge in [0.15, 0.2) is 6.10 Å². The lowest BCUT2D eigenvalue weighted by Crippen LogP contribution is -1.92. The zero-order chi connectivity index (χ0) is 11.7. The molecule has 0 radical (unpaired) electrons. The number of rotatable bonds is 2. The van der Waals surface area contributed by atoms with Gasteiger partial charge in [0.05, 0.1) is 4.88 Å². The summed E-state index contributed by atoms with van der Waals surface area (Å²) < 4.78 is 0.858. The minimum Gasteiger partial charge on any atom is -0.386 e. The van der Waals surface area contributed by atoms with Crippen LogP contribution in [0, 0.1) is 0 Å². The second kappa shape index (κ2) is 4.58. The first kappa shape index (κ1) is 10.9. The number of nitrogens with zero attached hydrogens (tertiary/aromatic N) is 2. The summed E-state index contributed by atoms with van der Waals surface area (Å²) in [7, 11) is 0. The highest BCUT2D eigenvalue weighted by atomic mass is 79.9. The topological polar surface area (TPSA) is 34.5 Å². The Morgan fingerprint density at radius 3 is 2.82 bits per heavy atom. The van der Waals surface area contributed by atoms with Gasteiger partial charge in [-0.1, -0.05) is 35.5 Å². The Hall–Kier alpha value is -1.20. The molecule has 17 heavy (non-hydrogen) atoms. The molecule has 0 fully saturated rings. The summed E-state index contributed by atoms with van der Waals surface area (Å²) in [6.45, 7) is 0. The molecular formula is C12H9BrN2OS. The minimum absolute atomic E-state index is 0.0133. The number of halogens is 1.